The number of benzene rings is 2. The van der Waals surface area contributed by atoms with Gasteiger partial charge in [-0.25, -0.2) is 4.98 Å². The van der Waals surface area contributed by atoms with Crippen LogP contribution in [0.5, 0.6) is 17.4 Å². The fraction of sp³-hybridized carbons (Fsp3) is 0.269. The van der Waals surface area contributed by atoms with Crippen LogP contribution in [-0.2, 0) is 22.7 Å². The highest BCUT2D eigenvalue weighted by molar-refractivity contribution is 6.00. The Morgan fingerprint density at radius 1 is 1.03 bits per heavy atom. The van der Waals surface area contributed by atoms with Gasteiger partial charge in [0.15, 0.2) is 11.5 Å². The van der Waals surface area contributed by atoms with Gasteiger partial charge in [0, 0.05) is 43.5 Å². The van der Waals surface area contributed by atoms with Gasteiger partial charge in [-0.3, -0.25) is 9.59 Å². The van der Waals surface area contributed by atoms with Gasteiger partial charge >= 0.3 is 0 Å². The predicted molar refractivity (Wildman–Crippen MR) is 125 cm³/mol. The maximum atomic E-state index is 12.8. The van der Waals surface area contributed by atoms with Crippen LogP contribution in [0.2, 0.25) is 0 Å². The van der Waals surface area contributed by atoms with Crippen LogP contribution in [-0.4, -0.2) is 36.6 Å². The van der Waals surface area contributed by atoms with Gasteiger partial charge in [-0.1, -0.05) is 30.3 Å². The highest BCUT2D eigenvalue weighted by atomic mass is 16.6. The van der Waals surface area contributed by atoms with E-state index in [9.17, 15) is 9.59 Å². The van der Waals surface area contributed by atoms with Crippen molar-refractivity contribution in [2.75, 3.05) is 24.7 Å². The number of pyridine rings is 1. The molecular formula is C26H25N3O5. The summed E-state index contributed by atoms with van der Waals surface area (Å²) in [7, 11) is 0. The lowest BCUT2D eigenvalue weighted by atomic mass is 10.1. The third-order valence-electron chi connectivity index (χ3n) is 5.83. The summed E-state index contributed by atoms with van der Waals surface area (Å²) in [6.45, 7) is 2.06. The zero-order chi connectivity index (χ0) is 23.3. The van der Waals surface area contributed by atoms with E-state index in [0.717, 1.165) is 11.1 Å². The number of amides is 2. The molecule has 2 aliphatic heterocycles. The number of nitrogens with zero attached hydrogens (tertiary/aromatic N) is 2. The van der Waals surface area contributed by atoms with Crippen LogP contribution >= 0.6 is 0 Å². The molecule has 2 aromatic carbocycles. The highest BCUT2D eigenvalue weighted by Gasteiger charge is 2.35. The Hall–Kier alpha value is -4.07. The average molecular weight is 460 g/mol. The second-order valence-electron chi connectivity index (χ2n) is 8.23. The fourth-order valence-electron chi connectivity index (χ4n) is 4.04. The Balaban J connectivity index is 1.16. The van der Waals surface area contributed by atoms with Gasteiger partial charge in [0.25, 0.3) is 0 Å². The van der Waals surface area contributed by atoms with Crippen molar-refractivity contribution in [1.29, 1.82) is 0 Å². The minimum Gasteiger partial charge on any atom is -0.486 e. The molecule has 1 aromatic heterocycles. The number of aromatic nitrogens is 1. The van der Waals surface area contributed by atoms with E-state index in [4.69, 9.17) is 14.2 Å². The summed E-state index contributed by atoms with van der Waals surface area (Å²) in [6, 6.07) is 18.9. The molecule has 1 saturated heterocycles. The second-order valence-corrected chi connectivity index (χ2v) is 8.23. The van der Waals surface area contributed by atoms with Gasteiger partial charge in [0.2, 0.25) is 17.7 Å². The van der Waals surface area contributed by atoms with Crippen molar-refractivity contribution in [3.05, 3.63) is 78.0 Å². The van der Waals surface area contributed by atoms with Crippen molar-refractivity contribution in [3.63, 3.8) is 0 Å². The maximum absolute atomic E-state index is 12.8. The Morgan fingerprint density at radius 3 is 2.71 bits per heavy atom. The molecule has 3 aromatic rings. The van der Waals surface area contributed by atoms with E-state index in [1.165, 1.54) is 0 Å². The summed E-state index contributed by atoms with van der Waals surface area (Å²) in [5.74, 6) is 1.12. The standard InChI is InChI=1S/C26H25N3O5/c30-25-13-20(16-29(25)21-6-7-22-23(14-21)33-11-10-32-22)26(31)28-15-19-8-9-27-24(12-19)34-17-18-4-2-1-3-5-18/h1-9,12,14,20H,10-11,13,15-17H2,(H,28,31). The molecule has 1 atom stereocenters. The molecule has 5 rings (SSSR count). The Labute approximate surface area is 197 Å². The molecule has 34 heavy (non-hydrogen) atoms. The lowest BCUT2D eigenvalue weighted by molar-refractivity contribution is -0.126. The molecule has 2 amide bonds. The van der Waals surface area contributed by atoms with E-state index in [2.05, 4.69) is 10.3 Å². The summed E-state index contributed by atoms with van der Waals surface area (Å²) in [5.41, 5.74) is 2.63. The first-order chi connectivity index (χ1) is 16.7. The van der Waals surface area contributed by atoms with Crippen molar-refractivity contribution in [2.45, 2.75) is 19.6 Å². The van der Waals surface area contributed by atoms with Crippen LogP contribution in [0.15, 0.2) is 66.9 Å². The molecule has 2 aliphatic rings. The summed E-state index contributed by atoms with van der Waals surface area (Å²) < 4.78 is 16.9. The molecule has 1 fully saturated rings. The second kappa shape index (κ2) is 9.82. The van der Waals surface area contributed by atoms with Gasteiger partial charge in [-0.15, -0.1) is 0 Å². The summed E-state index contributed by atoms with van der Waals surface area (Å²) in [4.78, 5) is 31.3. The van der Waals surface area contributed by atoms with E-state index in [1.807, 2.05) is 48.5 Å². The maximum Gasteiger partial charge on any atom is 0.227 e. The van der Waals surface area contributed by atoms with Crippen LogP contribution in [0.4, 0.5) is 5.69 Å². The Bertz CT molecular complexity index is 1180. The van der Waals surface area contributed by atoms with Gasteiger partial charge in [-0.05, 0) is 29.3 Å². The third kappa shape index (κ3) is 4.96. The van der Waals surface area contributed by atoms with Gasteiger partial charge in [0.1, 0.15) is 19.8 Å². The monoisotopic (exact) mass is 459 g/mol. The van der Waals surface area contributed by atoms with Crippen LogP contribution in [0.3, 0.4) is 0 Å². The predicted octanol–water partition coefficient (Wildman–Crippen LogP) is 3.10. The van der Waals surface area contributed by atoms with Crippen LogP contribution < -0.4 is 24.4 Å². The topological polar surface area (TPSA) is 90.0 Å². The molecule has 0 aliphatic carbocycles. The first kappa shape index (κ1) is 21.8. The van der Waals surface area contributed by atoms with Gasteiger partial charge in [-0.2, -0.15) is 0 Å². The van der Waals surface area contributed by atoms with E-state index in [-0.39, 0.29) is 18.2 Å². The summed E-state index contributed by atoms with van der Waals surface area (Å²) in [6.07, 6.45) is 1.83. The molecule has 8 nitrogen and oxygen atoms in total. The van der Waals surface area contributed by atoms with Crippen LogP contribution in [0.25, 0.3) is 0 Å². The van der Waals surface area contributed by atoms with Gasteiger partial charge < -0.3 is 24.4 Å². The van der Waals surface area contributed by atoms with Crippen molar-refractivity contribution >= 4 is 17.5 Å². The number of nitrogens with one attached hydrogen (secondary N) is 1. The Kier molecular flexibility index (Phi) is 6.29. The number of anilines is 1. The summed E-state index contributed by atoms with van der Waals surface area (Å²) in [5, 5.41) is 2.94. The average Bonchev–Trinajstić information content (AvgIpc) is 3.28. The molecule has 0 spiro atoms. The number of carbonyl (C=O) groups excluding carboxylic acids is 2. The van der Waals surface area contributed by atoms with Crippen molar-refractivity contribution in [1.82, 2.24) is 10.3 Å². The van der Waals surface area contributed by atoms with Crippen molar-refractivity contribution < 1.29 is 23.8 Å². The van der Waals surface area contributed by atoms with Crippen LogP contribution in [0, 0.1) is 5.92 Å². The lowest BCUT2D eigenvalue weighted by Gasteiger charge is -2.22. The number of ether oxygens (including phenoxy) is 3. The molecular weight excluding hydrogens is 434 g/mol. The molecule has 174 valence electrons. The normalized spacial score (nSPS) is 16.9. The number of hydrogen-bond acceptors (Lipinski definition) is 6. The molecule has 0 bridgehead atoms. The van der Waals surface area contributed by atoms with E-state index in [0.29, 0.717) is 56.0 Å². The van der Waals surface area contributed by atoms with Crippen molar-refractivity contribution in [2.24, 2.45) is 5.92 Å². The fourth-order valence-corrected chi connectivity index (χ4v) is 4.04. The quantitative estimate of drug-likeness (QED) is 0.584. The van der Waals surface area contributed by atoms with E-state index >= 15 is 0 Å². The summed E-state index contributed by atoms with van der Waals surface area (Å²) >= 11 is 0. The SMILES string of the molecule is O=C(NCc1ccnc(OCc2ccccc2)c1)C1CC(=O)N(c2ccc3c(c2)OCCO3)C1. The Morgan fingerprint density at radius 2 is 1.85 bits per heavy atom. The highest BCUT2D eigenvalue weighted by Crippen LogP contribution is 2.36. The van der Waals surface area contributed by atoms with Crippen LogP contribution in [0.1, 0.15) is 17.5 Å². The molecule has 0 radical (unpaired) electrons. The van der Waals surface area contributed by atoms with E-state index in [1.54, 1.807) is 23.2 Å². The van der Waals surface area contributed by atoms with E-state index < -0.39 is 5.92 Å². The molecule has 1 unspecified atom stereocenters. The number of fused-ring (bicyclic) bond motifs is 1. The first-order valence-corrected chi connectivity index (χ1v) is 11.2. The number of hydrogen-bond donors (Lipinski definition) is 1. The zero-order valence-corrected chi connectivity index (χ0v) is 18.6. The lowest BCUT2D eigenvalue weighted by Crippen LogP contribution is -2.32. The van der Waals surface area contributed by atoms with Crippen molar-refractivity contribution in [3.8, 4) is 17.4 Å². The molecule has 3 heterocycles. The minimum atomic E-state index is -0.420. The molecule has 8 heteroatoms. The molecule has 0 saturated carbocycles. The van der Waals surface area contributed by atoms with Gasteiger partial charge in [0.05, 0.1) is 5.92 Å². The minimum absolute atomic E-state index is 0.0858. The third-order valence-corrected chi connectivity index (χ3v) is 5.83. The first-order valence-electron chi connectivity index (χ1n) is 11.2. The largest absolute Gasteiger partial charge is 0.486 e. The molecule has 1 N–H and O–H groups in total. The number of carbonyl (C=O) groups is 2. The number of rotatable bonds is 7. The zero-order valence-electron chi connectivity index (χ0n) is 18.6. The smallest absolute Gasteiger partial charge is 0.227 e.